The molecule has 1 rings (SSSR count). The summed E-state index contributed by atoms with van der Waals surface area (Å²) in [5.41, 5.74) is 5.02. The third kappa shape index (κ3) is 4.16. The van der Waals surface area contributed by atoms with Crippen LogP contribution in [0, 0.1) is 11.3 Å². The first-order chi connectivity index (χ1) is 7.84. The molecule has 0 aromatic heterocycles. The Morgan fingerprint density at radius 3 is 2.06 bits per heavy atom. The quantitative estimate of drug-likeness (QED) is 0.573. The van der Waals surface area contributed by atoms with Gasteiger partial charge in [0.2, 0.25) is 0 Å². The Hall–Kier alpha value is -0.820. The molecule has 1 aliphatic rings. The molecule has 3 N–H and O–H groups in total. The summed E-state index contributed by atoms with van der Waals surface area (Å²) in [6.45, 7) is 5.52. The normalized spacial score (nSPS) is 21.4. The monoisotopic (exact) mass is 252 g/mol. The molecule has 17 heavy (non-hydrogen) atoms. The molecule has 1 saturated heterocycles. The van der Waals surface area contributed by atoms with Gasteiger partial charge in [-0.05, 0) is 6.54 Å². The molecule has 1 heterocycles. The fourth-order valence-electron chi connectivity index (χ4n) is 1.92. The van der Waals surface area contributed by atoms with Gasteiger partial charge in [0.1, 0.15) is 11.8 Å². The predicted molar refractivity (Wildman–Crippen MR) is 60.0 cm³/mol. The second-order valence-corrected chi connectivity index (χ2v) is 4.28. The largest absolute Gasteiger partial charge is 0.399 e. The summed E-state index contributed by atoms with van der Waals surface area (Å²) in [6, 6.07) is 0. The van der Waals surface area contributed by atoms with E-state index in [4.69, 9.17) is 11.1 Å². The maximum Gasteiger partial charge on any atom is 0.399 e. The molecule has 1 unspecified atom stereocenters. The molecule has 0 aromatic rings. The van der Waals surface area contributed by atoms with Crippen molar-refractivity contribution in [3.8, 4) is 0 Å². The Labute approximate surface area is 99.1 Å². The van der Waals surface area contributed by atoms with E-state index in [1.54, 1.807) is 4.90 Å². The van der Waals surface area contributed by atoms with Gasteiger partial charge in [0.15, 0.2) is 0 Å². The van der Waals surface area contributed by atoms with E-state index >= 15 is 0 Å². The number of hydrogen-bond donors (Lipinski definition) is 2. The fraction of sp³-hybridized carbons (Fsp3) is 0.900. The number of halogens is 3. The molecule has 4 nitrogen and oxygen atoms in total. The van der Waals surface area contributed by atoms with Crippen molar-refractivity contribution in [2.24, 2.45) is 11.7 Å². The Morgan fingerprint density at radius 2 is 1.71 bits per heavy atom. The van der Waals surface area contributed by atoms with E-state index in [1.165, 1.54) is 0 Å². The Morgan fingerprint density at radius 1 is 1.24 bits per heavy atom. The number of likely N-dealkylation sites (N-methyl/N-ethyl adjacent to an activating group) is 1. The SMILES string of the molecule is CCN1CCN(CC(C(=N)N)C(F)(F)F)CC1. The van der Waals surface area contributed by atoms with Crippen molar-refractivity contribution >= 4 is 5.84 Å². The van der Waals surface area contributed by atoms with Crippen LogP contribution in [0.3, 0.4) is 0 Å². The molecule has 7 heteroatoms. The third-order valence-electron chi connectivity index (χ3n) is 3.12. The first-order valence-electron chi connectivity index (χ1n) is 5.70. The van der Waals surface area contributed by atoms with Gasteiger partial charge in [-0.3, -0.25) is 10.3 Å². The third-order valence-corrected chi connectivity index (χ3v) is 3.12. The summed E-state index contributed by atoms with van der Waals surface area (Å²) in [4.78, 5) is 3.92. The second-order valence-electron chi connectivity index (χ2n) is 4.28. The highest BCUT2D eigenvalue weighted by molar-refractivity contribution is 5.80. The van der Waals surface area contributed by atoms with E-state index < -0.39 is 17.9 Å². The first-order valence-corrected chi connectivity index (χ1v) is 5.70. The molecule has 0 aromatic carbocycles. The number of nitrogens with two attached hydrogens (primary N) is 1. The summed E-state index contributed by atoms with van der Waals surface area (Å²) < 4.78 is 37.8. The van der Waals surface area contributed by atoms with Crippen LogP contribution in [0.5, 0.6) is 0 Å². The summed E-state index contributed by atoms with van der Waals surface area (Å²) in [6.07, 6.45) is -4.42. The van der Waals surface area contributed by atoms with Crippen LogP contribution in [0.15, 0.2) is 0 Å². The Bertz CT molecular complexity index is 259. The molecule has 1 atom stereocenters. The van der Waals surface area contributed by atoms with Gasteiger partial charge in [-0.2, -0.15) is 13.2 Å². The van der Waals surface area contributed by atoms with Crippen molar-refractivity contribution in [2.75, 3.05) is 39.3 Å². The molecule has 100 valence electrons. The summed E-state index contributed by atoms with van der Waals surface area (Å²) >= 11 is 0. The van der Waals surface area contributed by atoms with E-state index in [0.717, 1.165) is 19.6 Å². The van der Waals surface area contributed by atoms with Crippen molar-refractivity contribution in [1.82, 2.24) is 9.80 Å². The fourth-order valence-corrected chi connectivity index (χ4v) is 1.92. The maximum atomic E-state index is 12.6. The van der Waals surface area contributed by atoms with Crippen LogP contribution in [-0.4, -0.2) is 61.1 Å². The van der Waals surface area contributed by atoms with Crippen molar-refractivity contribution in [3.05, 3.63) is 0 Å². The maximum absolute atomic E-state index is 12.6. The molecule has 0 spiro atoms. The minimum Gasteiger partial charge on any atom is -0.387 e. The van der Waals surface area contributed by atoms with Gasteiger partial charge >= 0.3 is 6.18 Å². The van der Waals surface area contributed by atoms with Crippen LogP contribution in [0.2, 0.25) is 0 Å². The number of hydrogen-bond acceptors (Lipinski definition) is 3. The zero-order valence-electron chi connectivity index (χ0n) is 9.93. The van der Waals surface area contributed by atoms with Crippen molar-refractivity contribution in [2.45, 2.75) is 13.1 Å². The van der Waals surface area contributed by atoms with Crippen LogP contribution in [0.25, 0.3) is 0 Å². The van der Waals surface area contributed by atoms with Gasteiger partial charge in [0, 0.05) is 32.7 Å². The summed E-state index contributed by atoms with van der Waals surface area (Å²) in [5.74, 6) is -2.63. The standard InChI is InChI=1S/C10H19F3N4/c1-2-16-3-5-17(6-4-16)7-8(9(14)15)10(11,12)13/h8H,2-7H2,1H3,(H3,14,15). The number of rotatable bonds is 4. The number of piperazine rings is 1. The van der Waals surface area contributed by atoms with Crippen molar-refractivity contribution < 1.29 is 13.2 Å². The highest BCUT2D eigenvalue weighted by Crippen LogP contribution is 2.27. The lowest BCUT2D eigenvalue weighted by molar-refractivity contribution is -0.160. The Kier molecular flexibility index (Phi) is 4.76. The summed E-state index contributed by atoms with van der Waals surface area (Å²) in [7, 11) is 0. The van der Waals surface area contributed by atoms with E-state index in [0.29, 0.717) is 13.1 Å². The molecule has 0 radical (unpaired) electrons. The van der Waals surface area contributed by atoms with E-state index in [1.807, 2.05) is 6.92 Å². The van der Waals surface area contributed by atoms with Crippen LogP contribution < -0.4 is 5.73 Å². The number of nitrogens with one attached hydrogen (secondary N) is 1. The minimum atomic E-state index is -4.42. The van der Waals surface area contributed by atoms with E-state index in [9.17, 15) is 13.2 Å². The number of nitrogens with zero attached hydrogens (tertiary/aromatic N) is 2. The number of amidine groups is 1. The molecule has 0 amide bonds. The zero-order valence-corrected chi connectivity index (χ0v) is 9.93. The van der Waals surface area contributed by atoms with Gasteiger partial charge < -0.3 is 10.6 Å². The average Bonchev–Trinajstić information content (AvgIpc) is 2.24. The van der Waals surface area contributed by atoms with Gasteiger partial charge in [-0.25, -0.2) is 0 Å². The number of alkyl halides is 3. The average molecular weight is 252 g/mol. The van der Waals surface area contributed by atoms with Gasteiger partial charge in [-0.1, -0.05) is 6.92 Å². The molecular formula is C10H19F3N4. The smallest absolute Gasteiger partial charge is 0.387 e. The summed E-state index contributed by atoms with van der Waals surface area (Å²) in [5, 5.41) is 7.02. The lowest BCUT2D eigenvalue weighted by Crippen LogP contribution is -2.51. The van der Waals surface area contributed by atoms with E-state index in [-0.39, 0.29) is 6.54 Å². The van der Waals surface area contributed by atoms with Crippen molar-refractivity contribution in [1.29, 1.82) is 5.41 Å². The molecule has 0 aliphatic carbocycles. The lowest BCUT2D eigenvalue weighted by Gasteiger charge is -2.36. The van der Waals surface area contributed by atoms with Crippen molar-refractivity contribution in [3.63, 3.8) is 0 Å². The second kappa shape index (κ2) is 5.68. The predicted octanol–water partition coefficient (Wildman–Crippen LogP) is 0.738. The lowest BCUT2D eigenvalue weighted by atomic mass is 10.1. The first kappa shape index (κ1) is 14.2. The minimum absolute atomic E-state index is 0.198. The highest BCUT2D eigenvalue weighted by atomic mass is 19.4. The topological polar surface area (TPSA) is 56.4 Å². The zero-order chi connectivity index (χ0) is 13.1. The molecular weight excluding hydrogens is 233 g/mol. The van der Waals surface area contributed by atoms with Crippen LogP contribution in [0.4, 0.5) is 13.2 Å². The molecule has 0 bridgehead atoms. The van der Waals surface area contributed by atoms with Gasteiger partial charge in [0.25, 0.3) is 0 Å². The molecule has 1 fully saturated rings. The van der Waals surface area contributed by atoms with Gasteiger partial charge in [-0.15, -0.1) is 0 Å². The van der Waals surface area contributed by atoms with Gasteiger partial charge in [0.05, 0.1) is 0 Å². The highest BCUT2D eigenvalue weighted by Gasteiger charge is 2.42. The van der Waals surface area contributed by atoms with E-state index in [2.05, 4.69) is 4.90 Å². The Balaban J connectivity index is 2.50. The molecule has 1 aliphatic heterocycles. The molecule has 0 saturated carbocycles. The van der Waals surface area contributed by atoms with Crippen LogP contribution in [0.1, 0.15) is 6.92 Å². The van der Waals surface area contributed by atoms with Crippen LogP contribution >= 0.6 is 0 Å². The van der Waals surface area contributed by atoms with Crippen LogP contribution in [-0.2, 0) is 0 Å².